The summed E-state index contributed by atoms with van der Waals surface area (Å²) >= 11 is 0. The highest BCUT2D eigenvalue weighted by molar-refractivity contribution is 5.79. The van der Waals surface area contributed by atoms with Crippen LogP contribution < -0.4 is 0 Å². The highest BCUT2D eigenvalue weighted by Gasteiger charge is 2.28. The van der Waals surface area contributed by atoms with Crippen molar-refractivity contribution in [3.8, 4) is 0 Å². The van der Waals surface area contributed by atoms with Gasteiger partial charge < -0.3 is 4.90 Å². The molecule has 0 aromatic heterocycles. The first-order valence-corrected chi connectivity index (χ1v) is 8.21. The monoisotopic (exact) mass is 288 g/mol. The maximum absolute atomic E-state index is 12.5. The van der Waals surface area contributed by atoms with Crippen LogP contribution in [0.2, 0.25) is 0 Å². The van der Waals surface area contributed by atoms with Gasteiger partial charge in [0.2, 0.25) is 5.91 Å². The smallest absolute Gasteiger partial charge is 0.226 e. The summed E-state index contributed by atoms with van der Waals surface area (Å²) in [4.78, 5) is 16.9. The van der Waals surface area contributed by atoms with E-state index in [0.717, 1.165) is 45.6 Å². The summed E-state index contributed by atoms with van der Waals surface area (Å²) in [5.74, 6) is 0.525. The molecule has 1 aliphatic rings. The Morgan fingerprint density at radius 1 is 1.29 bits per heavy atom. The summed E-state index contributed by atoms with van der Waals surface area (Å²) in [6.45, 7) is 10.9. The molecule has 0 spiro atoms. The molecule has 1 fully saturated rings. The number of likely N-dealkylation sites (tertiary alicyclic amines) is 1. The van der Waals surface area contributed by atoms with Crippen molar-refractivity contribution in [3.05, 3.63) is 35.4 Å². The highest BCUT2D eigenvalue weighted by atomic mass is 16.2. The van der Waals surface area contributed by atoms with E-state index in [1.807, 2.05) is 4.90 Å². The van der Waals surface area contributed by atoms with Crippen LogP contribution in [0.1, 0.15) is 37.8 Å². The third-order valence-electron chi connectivity index (χ3n) is 4.59. The number of piperidine rings is 1. The second-order valence-corrected chi connectivity index (χ2v) is 6.01. The van der Waals surface area contributed by atoms with E-state index in [9.17, 15) is 4.79 Å². The first kappa shape index (κ1) is 16.0. The van der Waals surface area contributed by atoms with Crippen molar-refractivity contribution in [1.29, 1.82) is 0 Å². The number of carbonyl (C=O) groups excluding carboxylic acids is 1. The number of benzene rings is 1. The van der Waals surface area contributed by atoms with E-state index in [0.29, 0.717) is 5.91 Å². The largest absolute Gasteiger partial charge is 0.343 e. The van der Waals surface area contributed by atoms with E-state index in [2.05, 4.69) is 49.9 Å². The van der Waals surface area contributed by atoms with Crippen LogP contribution in [0.25, 0.3) is 0 Å². The van der Waals surface area contributed by atoms with Crippen molar-refractivity contribution >= 4 is 5.91 Å². The van der Waals surface area contributed by atoms with Gasteiger partial charge in [0, 0.05) is 26.2 Å². The number of carbonyl (C=O) groups is 1. The Labute approximate surface area is 128 Å². The van der Waals surface area contributed by atoms with Crippen molar-refractivity contribution in [1.82, 2.24) is 9.80 Å². The van der Waals surface area contributed by atoms with Crippen LogP contribution in [0.3, 0.4) is 0 Å². The van der Waals surface area contributed by atoms with Gasteiger partial charge in [-0.25, -0.2) is 0 Å². The van der Waals surface area contributed by atoms with E-state index in [1.165, 1.54) is 11.1 Å². The van der Waals surface area contributed by atoms with Gasteiger partial charge in [-0.1, -0.05) is 24.3 Å². The lowest BCUT2D eigenvalue weighted by molar-refractivity contribution is -0.137. The van der Waals surface area contributed by atoms with Gasteiger partial charge in [-0.2, -0.15) is 0 Å². The number of hydrogen-bond donors (Lipinski definition) is 0. The summed E-state index contributed by atoms with van der Waals surface area (Å²) < 4.78 is 0. The van der Waals surface area contributed by atoms with Crippen LogP contribution in [0.5, 0.6) is 0 Å². The average Bonchev–Trinajstić information content (AvgIpc) is 2.51. The molecule has 1 aromatic carbocycles. The van der Waals surface area contributed by atoms with E-state index in [4.69, 9.17) is 0 Å². The van der Waals surface area contributed by atoms with Gasteiger partial charge in [0.05, 0.1) is 5.92 Å². The lowest BCUT2D eigenvalue weighted by Gasteiger charge is -2.34. The molecule has 1 atom stereocenters. The third-order valence-corrected chi connectivity index (χ3v) is 4.59. The lowest BCUT2D eigenvalue weighted by atomic mass is 9.95. The summed E-state index contributed by atoms with van der Waals surface area (Å²) in [5, 5.41) is 0. The Kier molecular flexibility index (Phi) is 5.80. The van der Waals surface area contributed by atoms with Gasteiger partial charge in [-0.15, -0.1) is 0 Å². The molecule has 0 radical (unpaired) electrons. The zero-order valence-corrected chi connectivity index (χ0v) is 13.6. The average molecular weight is 288 g/mol. The van der Waals surface area contributed by atoms with Gasteiger partial charge in [0.25, 0.3) is 0 Å². The van der Waals surface area contributed by atoms with Gasteiger partial charge in [-0.3, -0.25) is 9.69 Å². The summed E-state index contributed by atoms with van der Waals surface area (Å²) in [5.41, 5.74) is 2.73. The number of amides is 1. The zero-order valence-electron chi connectivity index (χ0n) is 13.6. The first-order chi connectivity index (χ1) is 10.2. The van der Waals surface area contributed by atoms with Crippen LogP contribution in [-0.4, -0.2) is 41.9 Å². The van der Waals surface area contributed by atoms with Crippen molar-refractivity contribution in [2.75, 3.05) is 26.2 Å². The van der Waals surface area contributed by atoms with Crippen LogP contribution in [0.4, 0.5) is 0 Å². The molecule has 21 heavy (non-hydrogen) atoms. The minimum absolute atomic E-state index is 0.183. The number of rotatable bonds is 5. The van der Waals surface area contributed by atoms with Gasteiger partial charge in [0.1, 0.15) is 0 Å². The van der Waals surface area contributed by atoms with Crippen LogP contribution >= 0.6 is 0 Å². The number of nitrogens with zero attached hydrogens (tertiary/aromatic N) is 2. The SMILES string of the molecule is CCN(CC)C(=O)[C@H]1CCCN(Cc2ccccc2C)C1. The van der Waals surface area contributed by atoms with Gasteiger partial charge >= 0.3 is 0 Å². The molecule has 0 bridgehead atoms. The molecule has 2 rings (SSSR count). The molecule has 1 amide bonds. The zero-order chi connectivity index (χ0) is 15.2. The molecule has 1 saturated heterocycles. The van der Waals surface area contributed by atoms with Crippen LogP contribution in [-0.2, 0) is 11.3 Å². The van der Waals surface area contributed by atoms with Crippen molar-refractivity contribution < 1.29 is 4.79 Å². The Balaban J connectivity index is 1.98. The number of hydrogen-bond acceptors (Lipinski definition) is 2. The maximum atomic E-state index is 12.5. The van der Waals surface area contributed by atoms with E-state index in [1.54, 1.807) is 0 Å². The fourth-order valence-electron chi connectivity index (χ4n) is 3.22. The van der Waals surface area contributed by atoms with Gasteiger partial charge in [-0.05, 0) is 51.3 Å². The molecule has 0 N–H and O–H groups in total. The molecule has 3 heteroatoms. The maximum Gasteiger partial charge on any atom is 0.226 e. The predicted octanol–water partition coefficient (Wildman–Crippen LogP) is 3.08. The quantitative estimate of drug-likeness (QED) is 0.831. The molecule has 3 nitrogen and oxygen atoms in total. The first-order valence-electron chi connectivity index (χ1n) is 8.21. The fraction of sp³-hybridized carbons (Fsp3) is 0.611. The highest BCUT2D eigenvalue weighted by Crippen LogP contribution is 2.21. The van der Waals surface area contributed by atoms with E-state index in [-0.39, 0.29) is 5.92 Å². The van der Waals surface area contributed by atoms with Crippen molar-refractivity contribution in [2.45, 2.75) is 40.2 Å². The third kappa shape index (κ3) is 4.07. The lowest BCUT2D eigenvalue weighted by Crippen LogP contribution is -2.44. The number of aryl methyl sites for hydroxylation is 1. The molecule has 116 valence electrons. The molecule has 0 unspecified atom stereocenters. The second kappa shape index (κ2) is 7.60. The molecular formula is C18H28N2O. The minimum Gasteiger partial charge on any atom is -0.343 e. The van der Waals surface area contributed by atoms with Gasteiger partial charge in [0.15, 0.2) is 0 Å². The molecule has 0 saturated carbocycles. The topological polar surface area (TPSA) is 23.6 Å². The summed E-state index contributed by atoms with van der Waals surface area (Å²) in [7, 11) is 0. The molecule has 1 heterocycles. The molecule has 0 aliphatic carbocycles. The van der Waals surface area contributed by atoms with Crippen molar-refractivity contribution in [3.63, 3.8) is 0 Å². The second-order valence-electron chi connectivity index (χ2n) is 6.01. The van der Waals surface area contributed by atoms with Crippen molar-refractivity contribution in [2.24, 2.45) is 5.92 Å². The van der Waals surface area contributed by atoms with E-state index >= 15 is 0 Å². The Hall–Kier alpha value is -1.35. The minimum atomic E-state index is 0.183. The standard InChI is InChI=1S/C18H28N2O/c1-4-20(5-2)18(21)17-11-8-12-19(14-17)13-16-10-7-6-9-15(16)3/h6-7,9-10,17H,4-5,8,11-14H2,1-3H3/t17-/m0/s1. The predicted molar refractivity (Wildman–Crippen MR) is 87.1 cm³/mol. The Morgan fingerprint density at radius 3 is 2.67 bits per heavy atom. The van der Waals surface area contributed by atoms with Crippen LogP contribution in [0, 0.1) is 12.8 Å². The normalized spacial score (nSPS) is 19.5. The molecule has 1 aliphatic heterocycles. The summed E-state index contributed by atoms with van der Waals surface area (Å²) in [6.07, 6.45) is 2.17. The molecular weight excluding hydrogens is 260 g/mol. The molecule has 1 aromatic rings. The summed E-state index contributed by atoms with van der Waals surface area (Å²) in [6, 6.07) is 8.55. The van der Waals surface area contributed by atoms with Crippen LogP contribution in [0.15, 0.2) is 24.3 Å². The van der Waals surface area contributed by atoms with E-state index < -0.39 is 0 Å². The fourth-order valence-corrected chi connectivity index (χ4v) is 3.22. The Bertz CT molecular complexity index is 468. The Morgan fingerprint density at radius 2 is 2.00 bits per heavy atom.